The molecule has 0 aromatic heterocycles. The SMILES string of the molecule is CO/N=C(\C(=O)O)C1=CCOCC1. The van der Waals surface area contributed by atoms with E-state index in [1.807, 2.05) is 0 Å². The van der Waals surface area contributed by atoms with Crippen molar-refractivity contribution in [3.63, 3.8) is 0 Å². The fourth-order valence-electron chi connectivity index (χ4n) is 1.07. The molecule has 0 aromatic rings. The van der Waals surface area contributed by atoms with Crippen LogP contribution in [0.2, 0.25) is 0 Å². The number of rotatable bonds is 3. The molecule has 0 spiro atoms. The van der Waals surface area contributed by atoms with Crippen LogP contribution in [-0.4, -0.2) is 37.1 Å². The Balaban J connectivity index is 2.80. The van der Waals surface area contributed by atoms with E-state index in [1.54, 1.807) is 6.08 Å². The van der Waals surface area contributed by atoms with Crippen LogP contribution in [0.15, 0.2) is 16.8 Å². The smallest absolute Gasteiger partial charge is 0.358 e. The summed E-state index contributed by atoms with van der Waals surface area (Å²) in [4.78, 5) is 15.1. The maximum absolute atomic E-state index is 10.7. The molecule has 1 aliphatic heterocycles. The van der Waals surface area contributed by atoms with Gasteiger partial charge in [0.1, 0.15) is 7.11 Å². The highest BCUT2D eigenvalue weighted by molar-refractivity contribution is 6.42. The summed E-state index contributed by atoms with van der Waals surface area (Å²) in [5.74, 6) is -1.07. The van der Waals surface area contributed by atoms with E-state index in [9.17, 15) is 4.79 Å². The van der Waals surface area contributed by atoms with Gasteiger partial charge in [0.15, 0.2) is 5.71 Å². The molecule has 1 N–H and O–H groups in total. The lowest BCUT2D eigenvalue weighted by atomic mass is 10.1. The van der Waals surface area contributed by atoms with Gasteiger partial charge in [-0.1, -0.05) is 11.2 Å². The third-order valence-corrected chi connectivity index (χ3v) is 1.65. The molecular formula is C8H11NO4. The van der Waals surface area contributed by atoms with Crippen LogP contribution in [-0.2, 0) is 14.4 Å². The molecule has 0 bridgehead atoms. The molecule has 13 heavy (non-hydrogen) atoms. The van der Waals surface area contributed by atoms with Crippen LogP contribution in [0.25, 0.3) is 0 Å². The topological polar surface area (TPSA) is 68.1 Å². The van der Waals surface area contributed by atoms with Gasteiger partial charge in [-0.25, -0.2) is 4.79 Å². The van der Waals surface area contributed by atoms with E-state index in [0.29, 0.717) is 25.2 Å². The van der Waals surface area contributed by atoms with Gasteiger partial charge >= 0.3 is 5.97 Å². The zero-order valence-corrected chi connectivity index (χ0v) is 7.32. The quantitative estimate of drug-likeness (QED) is 0.511. The minimum atomic E-state index is -1.07. The highest BCUT2D eigenvalue weighted by Gasteiger charge is 2.17. The molecular weight excluding hydrogens is 174 g/mol. The number of aliphatic carboxylic acids is 1. The Hall–Kier alpha value is -1.36. The van der Waals surface area contributed by atoms with E-state index in [2.05, 4.69) is 9.99 Å². The van der Waals surface area contributed by atoms with Crippen molar-refractivity contribution in [2.75, 3.05) is 20.3 Å². The third-order valence-electron chi connectivity index (χ3n) is 1.65. The molecule has 1 rings (SSSR count). The molecule has 0 fully saturated rings. The Morgan fingerprint density at radius 1 is 1.77 bits per heavy atom. The first-order valence-corrected chi connectivity index (χ1v) is 3.87. The van der Waals surface area contributed by atoms with Crippen molar-refractivity contribution >= 4 is 11.7 Å². The largest absolute Gasteiger partial charge is 0.476 e. The van der Waals surface area contributed by atoms with Gasteiger partial charge in [0, 0.05) is 0 Å². The van der Waals surface area contributed by atoms with Crippen molar-refractivity contribution in [1.29, 1.82) is 0 Å². The molecule has 0 saturated heterocycles. The molecule has 5 nitrogen and oxygen atoms in total. The Morgan fingerprint density at radius 3 is 3.00 bits per heavy atom. The lowest BCUT2D eigenvalue weighted by Crippen LogP contribution is -2.20. The van der Waals surface area contributed by atoms with Crippen molar-refractivity contribution in [2.24, 2.45) is 5.16 Å². The number of hydrogen-bond acceptors (Lipinski definition) is 4. The van der Waals surface area contributed by atoms with Gasteiger partial charge in [0.25, 0.3) is 0 Å². The Labute approximate surface area is 75.6 Å². The molecule has 1 heterocycles. The normalized spacial score (nSPS) is 17.9. The standard InChI is InChI=1S/C8H11NO4/c1-12-9-7(8(10)11)6-2-4-13-5-3-6/h2H,3-5H2,1H3,(H,10,11)/b9-7-. The molecule has 0 aromatic carbocycles. The monoisotopic (exact) mass is 185 g/mol. The first kappa shape index (κ1) is 9.73. The molecule has 0 amide bonds. The van der Waals surface area contributed by atoms with E-state index >= 15 is 0 Å². The predicted octanol–water partition coefficient (Wildman–Crippen LogP) is 0.420. The van der Waals surface area contributed by atoms with E-state index in [-0.39, 0.29) is 5.71 Å². The van der Waals surface area contributed by atoms with Gasteiger partial charge in [0.05, 0.1) is 13.2 Å². The molecule has 0 unspecified atom stereocenters. The minimum absolute atomic E-state index is 0.0363. The molecule has 0 atom stereocenters. The fourth-order valence-corrected chi connectivity index (χ4v) is 1.07. The van der Waals surface area contributed by atoms with E-state index in [0.717, 1.165) is 0 Å². The lowest BCUT2D eigenvalue weighted by Gasteiger charge is -2.12. The first-order chi connectivity index (χ1) is 6.25. The minimum Gasteiger partial charge on any atom is -0.476 e. The summed E-state index contributed by atoms with van der Waals surface area (Å²) in [7, 11) is 1.32. The maximum Gasteiger partial charge on any atom is 0.358 e. The zero-order chi connectivity index (χ0) is 9.68. The summed E-state index contributed by atoms with van der Waals surface area (Å²) in [5, 5.41) is 12.2. The van der Waals surface area contributed by atoms with Crippen LogP contribution in [0.4, 0.5) is 0 Å². The first-order valence-electron chi connectivity index (χ1n) is 3.87. The van der Waals surface area contributed by atoms with E-state index < -0.39 is 5.97 Å². The summed E-state index contributed by atoms with van der Waals surface area (Å²) < 4.78 is 5.04. The van der Waals surface area contributed by atoms with Crippen molar-refractivity contribution < 1.29 is 19.5 Å². The number of carbonyl (C=O) groups is 1. The van der Waals surface area contributed by atoms with Gasteiger partial charge in [-0.2, -0.15) is 0 Å². The number of carboxylic acid groups (broad SMARTS) is 1. The lowest BCUT2D eigenvalue weighted by molar-refractivity contribution is -0.129. The van der Waals surface area contributed by atoms with Gasteiger partial charge in [-0.15, -0.1) is 0 Å². The summed E-state index contributed by atoms with van der Waals surface area (Å²) in [6.45, 7) is 0.965. The molecule has 0 radical (unpaired) electrons. The Bertz CT molecular complexity index is 257. The molecule has 72 valence electrons. The van der Waals surface area contributed by atoms with Crippen LogP contribution in [0.3, 0.4) is 0 Å². The van der Waals surface area contributed by atoms with Crippen LogP contribution in [0.1, 0.15) is 6.42 Å². The number of oxime groups is 1. The fraction of sp³-hybridized carbons (Fsp3) is 0.500. The average Bonchev–Trinajstić information content (AvgIpc) is 2.15. The van der Waals surface area contributed by atoms with Crippen LogP contribution in [0, 0.1) is 0 Å². The highest BCUT2D eigenvalue weighted by Crippen LogP contribution is 2.10. The molecule has 1 aliphatic rings. The van der Waals surface area contributed by atoms with Crippen LogP contribution >= 0.6 is 0 Å². The second-order valence-corrected chi connectivity index (χ2v) is 2.48. The summed E-state index contributed by atoms with van der Waals surface area (Å²) in [5.41, 5.74) is 0.631. The molecule has 5 heteroatoms. The van der Waals surface area contributed by atoms with Crippen LogP contribution < -0.4 is 0 Å². The predicted molar refractivity (Wildman–Crippen MR) is 45.6 cm³/mol. The van der Waals surface area contributed by atoms with E-state index in [4.69, 9.17) is 9.84 Å². The third kappa shape index (κ3) is 2.55. The van der Waals surface area contributed by atoms with Crippen molar-refractivity contribution in [3.8, 4) is 0 Å². The van der Waals surface area contributed by atoms with Gasteiger partial charge in [-0.3, -0.25) is 0 Å². The second kappa shape index (κ2) is 4.61. The highest BCUT2D eigenvalue weighted by atomic mass is 16.6. The van der Waals surface area contributed by atoms with Crippen molar-refractivity contribution in [1.82, 2.24) is 0 Å². The maximum atomic E-state index is 10.7. The number of hydrogen-bond donors (Lipinski definition) is 1. The summed E-state index contributed by atoms with van der Waals surface area (Å²) in [6, 6.07) is 0. The van der Waals surface area contributed by atoms with Crippen LogP contribution in [0.5, 0.6) is 0 Å². The molecule has 0 aliphatic carbocycles. The number of carboxylic acids is 1. The van der Waals surface area contributed by atoms with Crippen molar-refractivity contribution in [3.05, 3.63) is 11.6 Å². The van der Waals surface area contributed by atoms with Crippen molar-refractivity contribution in [2.45, 2.75) is 6.42 Å². The zero-order valence-electron chi connectivity index (χ0n) is 7.32. The number of nitrogens with zero attached hydrogens (tertiary/aromatic N) is 1. The van der Waals surface area contributed by atoms with Gasteiger partial charge in [0.2, 0.25) is 0 Å². The number of ether oxygens (including phenoxy) is 1. The Kier molecular flexibility index (Phi) is 3.45. The Morgan fingerprint density at radius 2 is 2.54 bits per heavy atom. The molecule has 0 saturated carbocycles. The summed E-state index contributed by atoms with van der Waals surface area (Å²) in [6.07, 6.45) is 2.27. The summed E-state index contributed by atoms with van der Waals surface area (Å²) >= 11 is 0. The van der Waals surface area contributed by atoms with E-state index in [1.165, 1.54) is 7.11 Å². The second-order valence-electron chi connectivity index (χ2n) is 2.48. The van der Waals surface area contributed by atoms with Gasteiger partial charge < -0.3 is 14.7 Å². The average molecular weight is 185 g/mol. The van der Waals surface area contributed by atoms with Gasteiger partial charge in [-0.05, 0) is 12.0 Å².